The molecule has 4 nitrogen and oxygen atoms in total. The molecule has 1 amide bonds. The zero-order valence-electron chi connectivity index (χ0n) is 15.5. The molecule has 0 saturated heterocycles. The average Bonchev–Trinajstić information content (AvgIpc) is 3.44. The minimum absolute atomic E-state index is 0.135. The lowest BCUT2D eigenvalue weighted by molar-refractivity contribution is -0.151. The van der Waals surface area contributed by atoms with E-state index in [1.165, 1.54) is 11.1 Å². The number of benzene rings is 2. The second-order valence-corrected chi connectivity index (χ2v) is 7.16. The maximum Gasteiger partial charge on any atom is 0.317 e. The third kappa shape index (κ3) is 3.79. The number of hydrogen-bond donors (Lipinski definition) is 1. The molecule has 0 unspecified atom stereocenters. The van der Waals surface area contributed by atoms with E-state index >= 15 is 0 Å². The third-order valence-corrected chi connectivity index (χ3v) is 5.21. The summed E-state index contributed by atoms with van der Waals surface area (Å²) < 4.78 is 5.31. The van der Waals surface area contributed by atoms with Crippen molar-refractivity contribution in [2.24, 2.45) is 0 Å². The molecule has 1 aliphatic carbocycles. The monoisotopic (exact) mass is 351 g/mol. The lowest BCUT2D eigenvalue weighted by Gasteiger charge is -2.17. The Morgan fingerprint density at radius 1 is 1.08 bits per heavy atom. The predicted octanol–water partition coefficient (Wildman–Crippen LogP) is 3.76. The SMILES string of the molecule is Cc1ccc([C@H](C)NC(=O)COC(=O)C2(c3ccccc3)CC2)cc1C. The van der Waals surface area contributed by atoms with Gasteiger partial charge in [0.2, 0.25) is 0 Å². The molecule has 1 atom stereocenters. The van der Waals surface area contributed by atoms with Crippen molar-refractivity contribution in [3.8, 4) is 0 Å². The molecule has 0 heterocycles. The van der Waals surface area contributed by atoms with Crippen molar-refractivity contribution < 1.29 is 14.3 Å². The Bertz CT molecular complexity index is 809. The molecule has 136 valence electrons. The Hall–Kier alpha value is -2.62. The number of esters is 1. The summed E-state index contributed by atoms with van der Waals surface area (Å²) in [7, 11) is 0. The van der Waals surface area contributed by atoms with E-state index in [0.717, 1.165) is 24.0 Å². The topological polar surface area (TPSA) is 55.4 Å². The van der Waals surface area contributed by atoms with Crippen molar-refractivity contribution in [1.29, 1.82) is 0 Å². The molecule has 0 aliphatic heterocycles. The maximum atomic E-state index is 12.5. The summed E-state index contributed by atoms with van der Waals surface area (Å²) in [5, 5.41) is 2.89. The van der Waals surface area contributed by atoms with Gasteiger partial charge in [-0.05, 0) is 55.9 Å². The third-order valence-electron chi connectivity index (χ3n) is 5.21. The fraction of sp³-hybridized carbons (Fsp3) is 0.364. The summed E-state index contributed by atoms with van der Waals surface area (Å²) in [6, 6.07) is 15.6. The molecule has 4 heteroatoms. The first-order valence-corrected chi connectivity index (χ1v) is 9.02. The van der Waals surface area contributed by atoms with Crippen LogP contribution in [0.1, 0.15) is 48.1 Å². The highest BCUT2D eigenvalue weighted by Gasteiger charge is 2.52. The zero-order valence-corrected chi connectivity index (χ0v) is 15.5. The molecule has 1 aliphatic rings. The smallest absolute Gasteiger partial charge is 0.317 e. The van der Waals surface area contributed by atoms with Gasteiger partial charge in [-0.3, -0.25) is 9.59 Å². The minimum Gasteiger partial charge on any atom is -0.455 e. The van der Waals surface area contributed by atoms with Crippen molar-refractivity contribution >= 4 is 11.9 Å². The molecule has 1 saturated carbocycles. The van der Waals surface area contributed by atoms with Crippen LogP contribution in [0.15, 0.2) is 48.5 Å². The molecule has 3 rings (SSSR count). The van der Waals surface area contributed by atoms with Gasteiger partial charge in [0.1, 0.15) is 0 Å². The lowest BCUT2D eigenvalue weighted by atomic mass is 9.96. The molecule has 0 radical (unpaired) electrons. The van der Waals surface area contributed by atoms with Gasteiger partial charge in [-0.15, -0.1) is 0 Å². The van der Waals surface area contributed by atoms with E-state index in [2.05, 4.69) is 18.3 Å². The summed E-state index contributed by atoms with van der Waals surface area (Å²) in [5.74, 6) is -0.592. The molecule has 2 aromatic rings. The van der Waals surface area contributed by atoms with Gasteiger partial charge in [0, 0.05) is 0 Å². The Kier molecular flexibility index (Phi) is 5.12. The molecule has 2 aromatic carbocycles. The van der Waals surface area contributed by atoms with E-state index < -0.39 is 5.41 Å². The highest BCUT2D eigenvalue weighted by atomic mass is 16.5. The van der Waals surface area contributed by atoms with Crippen LogP contribution in [-0.2, 0) is 19.7 Å². The van der Waals surface area contributed by atoms with Crippen LogP contribution in [0.25, 0.3) is 0 Å². The molecule has 0 bridgehead atoms. The fourth-order valence-electron chi connectivity index (χ4n) is 3.16. The van der Waals surface area contributed by atoms with Crippen LogP contribution in [0.3, 0.4) is 0 Å². The van der Waals surface area contributed by atoms with E-state index in [4.69, 9.17) is 4.74 Å². The first-order valence-electron chi connectivity index (χ1n) is 9.02. The summed E-state index contributed by atoms with van der Waals surface area (Å²) >= 11 is 0. The summed E-state index contributed by atoms with van der Waals surface area (Å²) in [6.45, 7) is 5.79. The molecular formula is C22H25NO3. The molecule has 0 aromatic heterocycles. The van der Waals surface area contributed by atoms with Crippen LogP contribution in [0, 0.1) is 13.8 Å². The number of carbonyl (C=O) groups excluding carboxylic acids is 2. The van der Waals surface area contributed by atoms with Crippen LogP contribution in [0.4, 0.5) is 0 Å². The van der Waals surface area contributed by atoms with Gasteiger partial charge in [-0.1, -0.05) is 48.5 Å². The second-order valence-electron chi connectivity index (χ2n) is 7.16. The van der Waals surface area contributed by atoms with Crippen LogP contribution in [0.5, 0.6) is 0 Å². The van der Waals surface area contributed by atoms with Crippen molar-refractivity contribution in [1.82, 2.24) is 5.32 Å². The predicted molar refractivity (Wildman–Crippen MR) is 101 cm³/mol. The molecule has 1 N–H and O–H groups in total. The summed E-state index contributed by atoms with van der Waals surface area (Å²) in [4.78, 5) is 24.6. The summed E-state index contributed by atoms with van der Waals surface area (Å²) in [5.41, 5.74) is 3.86. The van der Waals surface area contributed by atoms with Gasteiger partial charge in [-0.2, -0.15) is 0 Å². The lowest BCUT2D eigenvalue weighted by Crippen LogP contribution is -2.33. The number of carbonyl (C=O) groups is 2. The van der Waals surface area contributed by atoms with Crippen LogP contribution in [0.2, 0.25) is 0 Å². The van der Waals surface area contributed by atoms with Crippen molar-refractivity contribution in [3.63, 3.8) is 0 Å². The van der Waals surface area contributed by atoms with Gasteiger partial charge in [0.15, 0.2) is 6.61 Å². The van der Waals surface area contributed by atoms with Crippen LogP contribution >= 0.6 is 0 Å². The second kappa shape index (κ2) is 7.32. The number of nitrogens with one attached hydrogen (secondary N) is 1. The highest BCUT2D eigenvalue weighted by molar-refractivity contribution is 5.89. The molecule has 0 spiro atoms. The largest absolute Gasteiger partial charge is 0.455 e. The Morgan fingerprint density at radius 3 is 2.38 bits per heavy atom. The standard InChI is InChI=1S/C22H25NO3/c1-15-9-10-18(13-16(15)2)17(3)23-20(24)14-26-21(25)22(11-12-22)19-7-5-4-6-8-19/h4-10,13,17H,11-12,14H2,1-3H3,(H,23,24)/t17-/m0/s1. The van der Waals surface area contributed by atoms with E-state index in [0.29, 0.717) is 0 Å². The molecule has 1 fully saturated rings. The van der Waals surface area contributed by atoms with E-state index in [1.807, 2.05) is 56.3 Å². The number of rotatable bonds is 6. The van der Waals surface area contributed by atoms with Gasteiger partial charge in [-0.25, -0.2) is 0 Å². The number of aryl methyl sites for hydroxylation is 2. The Morgan fingerprint density at radius 2 is 1.77 bits per heavy atom. The Balaban J connectivity index is 1.54. The zero-order chi connectivity index (χ0) is 18.7. The fourth-order valence-corrected chi connectivity index (χ4v) is 3.16. The normalized spacial score (nSPS) is 15.8. The molecular weight excluding hydrogens is 326 g/mol. The van der Waals surface area contributed by atoms with Crippen molar-refractivity contribution in [2.75, 3.05) is 6.61 Å². The van der Waals surface area contributed by atoms with Crippen molar-refractivity contribution in [2.45, 2.75) is 45.1 Å². The van der Waals surface area contributed by atoms with E-state index in [1.54, 1.807) is 0 Å². The van der Waals surface area contributed by atoms with Gasteiger partial charge in [0.25, 0.3) is 5.91 Å². The first-order chi connectivity index (χ1) is 12.4. The maximum absolute atomic E-state index is 12.5. The number of ether oxygens (including phenoxy) is 1. The number of amides is 1. The summed E-state index contributed by atoms with van der Waals surface area (Å²) in [6.07, 6.45) is 1.55. The van der Waals surface area contributed by atoms with E-state index in [-0.39, 0.29) is 24.5 Å². The van der Waals surface area contributed by atoms with Gasteiger partial charge >= 0.3 is 5.97 Å². The van der Waals surface area contributed by atoms with E-state index in [9.17, 15) is 9.59 Å². The number of hydrogen-bond acceptors (Lipinski definition) is 3. The minimum atomic E-state index is -0.554. The first kappa shape index (κ1) is 18.2. The van der Waals surface area contributed by atoms with Crippen molar-refractivity contribution in [3.05, 3.63) is 70.8 Å². The Labute approximate surface area is 154 Å². The quantitative estimate of drug-likeness (QED) is 0.806. The van der Waals surface area contributed by atoms with Crippen LogP contribution in [-0.4, -0.2) is 18.5 Å². The van der Waals surface area contributed by atoms with Gasteiger partial charge in [0.05, 0.1) is 11.5 Å². The highest BCUT2D eigenvalue weighted by Crippen LogP contribution is 2.49. The average molecular weight is 351 g/mol. The van der Waals surface area contributed by atoms with Gasteiger partial charge < -0.3 is 10.1 Å². The van der Waals surface area contributed by atoms with Crippen LogP contribution < -0.4 is 5.32 Å². The molecule has 26 heavy (non-hydrogen) atoms.